The smallest absolute Gasteiger partial charge is 0.259 e. The van der Waals surface area contributed by atoms with E-state index in [1.54, 1.807) is 18.2 Å². The van der Waals surface area contributed by atoms with Crippen molar-refractivity contribution in [3.05, 3.63) is 71.9 Å². The number of hydrogen-bond donors (Lipinski definition) is 1. The summed E-state index contributed by atoms with van der Waals surface area (Å²) in [6.45, 7) is 0. The lowest BCUT2D eigenvalue weighted by Gasteiger charge is -2.15. The number of hydrazone groups is 1. The molecule has 0 unspecified atom stereocenters. The number of carbonyl (C=O) groups excluding carboxylic acids is 3. The molecule has 1 saturated heterocycles. The highest BCUT2D eigenvalue weighted by molar-refractivity contribution is 6.52. The number of amides is 2. The van der Waals surface area contributed by atoms with Gasteiger partial charge in [0.1, 0.15) is 23.4 Å². The molecule has 0 radical (unpaired) electrons. The highest BCUT2D eigenvalue weighted by Crippen LogP contribution is 2.31. The quantitative estimate of drug-likeness (QED) is 0.534. The van der Waals surface area contributed by atoms with Crippen molar-refractivity contribution >= 4 is 39.9 Å². The first-order valence-corrected chi connectivity index (χ1v) is 9.20. The highest BCUT2D eigenvalue weighted by atomic mass is 16.2. The summed E-state index contributed by atoms with van der Waals surface area (Å²) in [5.74, 6) is -2.54. The summed E-state index contributed by atoms with van der Waals surface area (Å²) in [6.07, 6.45) is 0. The van der Waals surface area contributed by atoms with Crippen LogP contribution < -0.4 is 10.3 Å². The number of aromatic nitrogens is 1. The molecule has 1 aromatic heterocycles. The third-order valence-electron chi connectivity index (χ3n) is 5.24. The normalized spacial score (nSPS) is 20.0. The number of para-hydroxylation sites is 1. The summed E-state index contributed by atoms with van der Waals surface area (Å²) in [4.78, 5) is 44.3. The van der Waals surface area contributed by atoms with E-state index in [4.69, 9.17) is 5.26 Å². The lowest BCUT2D eigenvalue weighted by Crippen LogP contribution is -2.36. The monoisotopic (exact) mass is 395 g/mol. The molecular formula is C22H13N5O3. The Morgan fingerprint density at radius 3 is 2.53 bits per heavy atom. The predicted octanol–water partition coefficient (Wildman–Crippen LogP) is 1.81. The minimum atomic E-state index is -1.02. The molecule has 5 rings (SSSR count). The van der Waals surface area contributed by atoms with E-state index in [0.29, 0.717) is 16.8 Å². The summed E-state index contributed by atoms with van der Waals surface area (Å²) in [6, 6.07) is 17.9. The SMILES string of the molecule is N#Cc1ccc(N2C(=O)[C@H]3C(C(=O)c4ccc5ccccc5n4)=NN[C@@H]3C2=O)cc1. The van der Waals surface area contributed by atoms with Crippen LogP contribution in [0, 0.1) is 17.2 Å². The molecule has 3 aromatic rings. The Bertz CT molecular complexity index is 1310. The average Bonchev–Trinajstić information content (AvgIpc) is 3.33. The van der Waals surface area contributed by atoms with E-state index in [2.05, 4.69) is 15.5 Å². The molecule has 1 fully saturated rings. The number of rotatable bonds is 3. The number of nitrogens with zero attached hydrogens (tertiary/aromatic N) is 4. The maximum Gasteiger partial charge on any atom is 0.259 e. The third kappa shape index (κ3) is 2.57. The summed E-state index contributed by atoms with van der Waals surface area (Å²) in [5, 5.41) is 13.8. The molecular weight excluding hydrogens is 382 g/mol. The van der Waals surface area contributed by atoms with Gasteiger partial charge in [0.05, 0.1) is 22.8 Å². The summed E-state index contributed by atoms with van der Waals surface area (Å²) < 4.78 is 0. The third-order valence-corrected chi connectivity index (χ3v) is 5.24. The van der Waals surface area contributed by atoms with Gasteiger partial charge in [-0.15, -0.1) is 0 Å². The molecule has 2 aromatic carbocycles. The number of ketones is 1. The minimum absolute atomic E-state index is 0.0303. The first-order chi connectivity index (χ1) is 14.6. The van der Waals surface area contributed by atoms with E-state index in [9.17, 15) is 14.4 Å². The van der Waals surface area contributed by atoms with E-state index in [-0.39, 0.29) is 11.4 Å². The lowest BCUT2D eigenvalue weighted by atomic mass is 9.94. The van der Waals surface area contributed by atoms with Crippen molar-refractivity contribution in [2.24, 2.45) is 11.0 Å². The summed E-state index contributed by atoms with van der Waals surface area (Å²) in [5.41, 5.74) is 4.17. The Labute approximate surface area is 170 Å². The molecule has 8 nitrogen and oxygen atoms in total. The second-order valence-corrected chi connectivity index (χ2v) is 6.97. The second kappa shape index (κ2) is 6.60. The molecule has 2 aliphatic rings. The van der Waals surface area contributed by atoms with Crippen LogP contribution in [0.3, 0.4) is 0 Å². The van der Waals surface area contributed by atoms with Gasteiger partial charge >= 0.3 is 0 Å². The fourth-order valence-corrected chi connectivity index (χ4v) is 3.74. The van der Waals surface area contributed by atoms with Gasteiger partial charge in [-0.3, -0.25) is 19.8 Å². The van der Waals surface area contributed by atoms with Gasteiger partial charge in [-0.1, -0.05) is 24.3 Å². The van der Waals surface area contributed by atoms with Crippen molar-refractivity contribution in [1.29, 1.82) is 5.26 Å². The van der Waals surface area contributed by atoms with Crippen LogP contribution in [0.1, 0.15) is 16.1 Å². The van der Waals surface area contributed by atoms with Crippen LogP contribution in [0.15, 0.2) is 65.8 Å². The molecule has 0 spiro atoms. The molecule has 0 bridgehead atoms. The second-order valence-electron chi connectivity index (χ2n) is 6.97. The molecule has 2 atom stereocenters. The van der Waals surface area contributed by atoms with Crippen LogP contribution in [0.2, 0.25) is 0 Å². The molecule has 144 valence electrons. The Balaban J connectivity index is 1.47. The van der Waals surface area contributed by atoms with Gasteiger partial charge in [-0.05, 0) is 36.4 Å². The van der Waals surface area contributed by atoms with Crippen molar-refractivity contribution in [3.63, 3.8) is 0 Å². The first-order valence-electron chi connectivity index (χ1n) is 9.20. The summed E-state index contributed by atoms with van der Waals surface area (Å²) in [7, 11) is 0. The zero-order valence-electron chi connectivity index (χ0n) is 15.4. The number of pyridine rings is 1. The minimum Gasteiger partial charge on any atom is -0.296 e. The van der Waals surface area contributed by atoms with Crippen molar-refractivity contribution in [2.75, 3.05) is 4.90 Å². The van der Waals surface area contributed by atoms with E-state index < -0.39 is 29.6 Å². The Kier molecular flexibility index (Phi) is 3.89. The van der Waals surface area contributed by atoms with E-state index in [0.717, 1.165) is 10.3 Å². The number of carbonyl (C=O) groups is 3. The average molecular weight is 395 g/mol. The fourth-order valence-electron chi connectivity index (χ4n) is 3.74. The van der Waals surface area contributed by atoms with Gasteiger partial charge in [0.25, 0.3) is 5.91 Å². The van der Waals surface area contributed by atoms with Crippen LogP contribution >= 0.6 is 0 Å². The standard InChI is InChI=1S/C22H13N5O3/c23-11-12-5-8-14(9-6-12)27-21(29)17-18(25-26-19(17)22(27)30)20(28)16-10-7-13-3-1-2-4-15(13)24-16/h1-10,17,19,26H/t17-,19-/m0/s1. The van der Waals surface area contributed by atoms with Crippen molar-refractivity contribution < 1.29 is 14.4 Å². The van der Waals surface area contributed by atoms with Gasteiger partial charge < -0.3 is 0 Å². The molecule has 0 aliphatic carbocycles. The van der Waals surface area contributed by atoms with Gasteiger partial charge in [0.15, 0.2) is 0 Å². The van der Waals surface area contributed by atoms with Gasteiger partial charge in [-0.2, -0.15) is 10.4 Å². The zero-order chi connectivity index (χ0) is 20.8. The van der Waals surface area contributed by atoms with Gasteiger partial charge in [-0.25, -0.2) is 9.88 Å². The molecule has 0 saturated carbocycles. The Morgan fingerprint density at radius 2 is 1.77 bits per heavy atom. The number of Topliss-reactive ketones (excluding diaryl/α,β-unsaturated/α-hetero) is 1. The largest absolute Gasteiger partial charge is 0.296 e. The number of nitriles is 1. The van der Waals surface area contributed by atoms with E-state index >= 15 is 0 Å². The molecule has 2 aliphatic heterocycles. The van der Waals surface area contributed by atoms with Crippen molar-refractivity contribution in [3.8, 4) is 6.07 Å². The Morgan fingerprint density at radius 1 is 1.00 bits per heavy atom. The van der Waals surface area contributed by atoms with E-state index in [1.807, 2.05) is 24.3 Å². The number of nitrogens with one attached hydrogen (secondary N) is 1. The Hall–Kier alpha value is -4.38. The van der Waals surface area contributed by atoms with Crippen LogP contribution in [0.25, 0.3) is 10.9 Å². The zero-order valence-corrected chi connectivity index (χ0v) is 15.4. The maximum atomic E-state index is 13.1. The molecule has 3 heterocycles. The van der Waals surface area contributed by atoms with Crippen LogP contribution in [0.5, 0.6) is 0 Å². The topological polar surface area (TPSA) is 116 Å². The number of fused-ring (bicyclic) bond motifs is 2. The number of imide groups is 1. The maximum absolute atomic E-state index is 13.1. The van der Waals surface area contributed by atoms with Crippen LogP contribution in [-0.4, -0.2) is 34.3 Å². The number of hydrogen-bond acceptors (Lipinski definition) is 7. The fraction of sp³-hybridized carbons (Fsp3) is 0.0909. The molecule has 8 heteroatoms. The lowest BCUT2D eigenvalue weighted by molar-refractivity contribution is -0.122. The molecule has 1 N–H and O–H groups in total. The van der Waals surface area contributed by atoms with Crippen molar-refractivity contribution in [2.45, 2.75) is 6.04 Å². The molecule has 2 amide bonds. The van der Waals surface area contributed by atoms with Gasteiger partial charge in [0.2, 0.25) is 11.7 Å². The number of anilines is 1. The molecule has 30 heavy (non-hydrogen) atoms. The van der Waals surface area contributed by atoms with Crippen LogP contribution in [0.4, 0.5) is 5.69 Å². The highest BCUT2D eigenvalue weighted by Gasteiger charge is 2.55. The number of benzene rings is 2. The van der Waals surface area contributed by atoms with Crippen LogP contribution in [-0.2, 0) is 9.59 Å². The van der Waals surface area contributed by atoms with Crippen molar-refractivity contribution in [1.82, 2.24) is 10.4 Å². The summed E-state index contributed by atoms with van der Waals surface area (Å²) >= 11 is 0. The van der Waals surface area contributed by atoms with Gasteiger partial charge in [0, 0.05) is 5.39 Å². The van der Waals surface area contributed by atoms with E-state index in [1.165, 1.54) is 24.3 Å². The predicted molar refractivity (Wildman–Crippen MR) is 108 cm³/mol. The first kappa shape index (κ1) is 17.7.